The van der Waals surface area contributed by atoms with Gasteiger partial charge in [-0.3, -0.25) is 0 Å². The van der Waals surface area contributed by atoms with E-state index in [1.54, 1.807) is 6.07 Å². The molecule has 0 fully saturated rings. The Bertz CT molecular complexity index is 547. The van der Waals surface area contributed by atoms with Gasteiger partial charge in [-0.1, -0.05) is 13.0 Å². The van der Waals surface area contributed by atoms with Crippen molar-refractivity contribution in [1.29, 1.82) is 0 Å². The van der Waals surface area contributed by atoms with E-state index in [1.807, 2.05) is 13.8 Å². The number of benzene rings is 1. The summed E-state index contributed by atoms with van der Waals surface area (Å²) in [6, 6.07) is 4.67. The molecule has 0 aliphatic carbocycles. The molecule has 1 aromatic rings. The molecule has 1 aromatic carbocycles. The minimum absolute atomic E-state index is 0.0409. The van der Waals surface area contributed by atoms with Gasteiger partial charge in [0.25, 0.3) is 6.43 Å². The highest BCUT2D eigenvalue weighted by atomic mass is 32.2. The van der Waals surface area contributed by atoms with Crippen LogP contribution < -0.4 is 5.32 Å². The molecule has 0 radical (unpaired) electrons. The highest BCUT2D eigenvalue weighted by molar-refractivity contribution is 7.89. The summed E-state index contributed by atoms with van der Waals surface area (Å²) >= 11 is 0. The van der Waals surface area contributed by atoms with Gasteiger partial charge in [0.1, 0.15) is 0 Å². The van der Waals surface area contributed by atoms with Gasteiger partial charge in [-0.25, -0.2) is 17.2 Å². The Morgan fingerprint density at radius 1 is 1.35 bits per heavy atom. The maximum absolute atomic E-state index is 12.3. The van der Waals surface area contributed by atoms with Crippen LogP contribution in [0.5, 0.6) is 0 Å². The van der Waals surface area contributed by atoms with Crippen molar-refractivity contribution in [2.75, 3.05) is 20.1 Å². The molecular formula is C13H20F2N2O2S. The van der Waals surface area contributed by atoms with Crippen molar-refractivity contribution in [3.63, 3.8) is 0 Å². The highest BCUT2D eigenvalue weighted by Crippen LogP contribution is 2.19. The van der Waals surface area contributed by atoms with Crippen LogP contribution in [0.4, 0.5) is 8.78 Å². The largest absolute Gasteiger partial charge is 0.313 e. The summed E-state index contributed by atoms with van der Waals surface area (Å²) in [5, 5.41) is 3.12. The molecule has 0 unspecified atom stereocenters. The summed E-state index contributed by atoms with van der Waals surface area (Å²) in [6.45, 7) is 4.34. The molecule has 0 amide bonds. The van der Waals surface area contributed by atoms with E-state index < -0.39 is 23.0 Å². The zero-order valence-electron chi connectivity index (χ0n) is 11.9. The minimum atomic E-state index is -3.87. The van der Waals surface area contributed by atoms with Gasteiger partial charge in [0.05, 0.1) is 11.4 Å². The number of aryl methyl sites for hydroxylation is 1. The number of rotatable bonds is 7. The van der Waals surface area contributed by atoms with E-state index >= 15 is 0 Å². The van der Waals surface area contributed by atoms with Gasteiger partial charge >= 0.3 is 0 Å². The van der Waals surface area contributed by atoms with Gasteiger partial charge in [0.2, 0.25) is 10.0 Å². The number of halogens is 2. The number of hydrogen-bond donors (Lipinski definition) is 1. The van der Waals surface area contributed by atoms with E-state index in [1.165, 1.54) is 12.1 Å². The molecule has 0 heterocycles. The molecule has 0 aromatic heterocycles. The van der Waals surface area contributed by atoms with Gasteiger partial charge in [-0.2, -0.15) is 4.31 Å². The second-order valence-corrected chi connectivity index (χ2v) is 6.59. The van der Waals surface area contributed by atoms with Crippen LogP contribution in [0.25, 0.3) is 0 Å². The predicted molar refractivity (Wildman–Crippen MR) is 74.4 cm³/mol. The number of nitrogens with one attached hydrogen (secondary N) is 1. The number of alkyl halides is 2. The Kier molecular flexibility index (Phi) is 6.04. The van der Waals surface area contributed by atoms with Gasteiger partial charge in [-0.05, 0) is 36.7 Å². The molecule has 1 N–H and O–H groups in total. The van der Waals surface area contributed by atoms with Crippen molar-refractivity contribution in [2.45, 2.75) is 31.7 Å². The van der Waals surface area contributed by atoms with E-state index in [2.05, 4.69) is 5.32 Å². The minimum Gasteiger partial charge on any atom is -0.313 e. The van der Waals surface area contributed by atoms with Crippen LogP contribution in [0.3, 0.4) is 0 Å². The lowest BCUT2D eigenvalue weighted by molar-refractivity contribution is 0.126. The highest BCUT2D eigenvalue weighted by Gasteiger charge is 2.24. The third kappa shape index (κ3) is 4.22. The van der Waals surface area contributed by atoms with Gasteiger partial charge in [0.15, 0.2) is 0 Å². The average molecular weight is 306 g/mol. The van der Waals surface area contributed by atoms with Crippen molar-refractivity contribution in [3.05, 3.63) is 29.3 Å². The summed E-state index contributed by atoms with van der Waals surface area (Å²) in [4.78, 5) is 0.0409. The Hall–Kier alpha value is -1.05. The Labute approximate surface area is 118 Å². The van der Waals surface area contributed by atoms with E-state index in [0.717, 1.165) is 24.7 Å². The topological polar surface area (TPSA) is 49.4 Å². The summed E-state index contributed by atoms with van der Waals surface area (Å²) in [5.41, 5.74) is 1.81. The van der Waals surface area contributed by atoms with Crippen LogP contribution in [-0.2, 0) is 16.6 Å². The summed E-state index contributed by atoms with van der Waals surface area (Å²) in [5.74, 6) is 0. The Morgan fingerprint density at radius 2 is 2.00 bits per heavy atom. The predicted octanol–water partition coefficient (Wildman–Crippen LogP) is 1.99. The monoisotopic (exact) mass is 306 g/mol. The van der Waals surface area contributed by atoms with Gasteiger partial charge < -0.3 is 5.32 Å². The molecule has 0 saturated heterocycles. The van der Waals surface area contributed by atoms with Gasteiger partial charge in [-0.15, -0.1) is 0 Å². The average Bonchev–Trinajstić information content (AvgIpc) is 2.36. The van der Waals surface area contributed by atoms with E-state index in [9.17, 15) is 17.2 Å². The first-order chi connectivity index (χ1) is 9.28. The maximum atomic E-state index is 12.3. The first-order valence-electron chi connectivity index (χ1n) is 6.33. The fourth-order valence-corrected chi connectivity index (χ4v) is 2.93. The lowest BCUT2D eigenvalue weighted by atomic mass is 10.1. The van der Waals surface area contributed by atoms with Crippen LogP contribution in [0.2, 0.25) is 0 Å². The van der Waals surface area contributed by atoms with Crippen LogP contribution in [0.1, 0.15) is 18.1 Å². The van der Waals surface area contributed by atoms with Crippen molar-refractivity contribution >= 4 is 10.0 Å². The lowest BCUT2D eigenvalue weighted by Crippen LogP contribution is -2.31. The molecule has 20 heavy (non-hydrogen) atoms. The molecule has 7 heteroatoms. The standard InChI is InChI=1S/C13H20F2N2O2S/c1-4-16-8-11-7-12(6-5-10(11)2)20(18,19)17(3)9-13(14)15/h5-7,13,16H,4,8-9H2,1-3H3. The first-order valence-corrected chi connectivity index (χ1v) is 7.77. The molecule has 0 spiro atoms. The first kappa shape index (κ1) is 17.0. The van der Waals surface area contributed by atoms with Gasteiger partial charge in [0, 0.05) is 13.6 Å². The Balaban J connectivity index is 3.06. The number of sulfonamides is 1. The SMILES string of the molecule is CCNCc1cc(S(=O)(=O)N(C)CC(F)F)ccc1C. The van der Waals surface area contributed by atoms with E-state index in [4.69, 9.17) is 0 Å². The zero-order chi connectivity index (χ0) is 15.3. The van der Waals surface area contributed by atoms with Crippen molar-refractivity contribution in [3.8, 4) is 0 Å². The van der Waals surface area contributed by atoms with E-state index in [-0.39, 0.29) is 4.90 Å². The van der Waals surface area contributed by atoms with E-state index in [0.29, 0.717) is 10.8 Å². The maximum Gasteiger partial charge on any atom is 0.252 e. The molecule has 0 aliphatic rings. The lowest BCUT2D eigenvalue weighted by Gasteiger charge is -2.18. The zero-order valence-corrected chi connectivity index (χ0v) is 12.7. The Morgan fingerprint density at radius 3 is 2.55 bits per heavy atom. The molecule has 1 rings (SSSR count). The quantitative estimate of drug-likeness (QED) is 0.838. The molecule has 0 aliphatic heterocycles. The van der Waals surface area contributed by atoms with Crippen LogP contribution >= 0.6 is 0 Å². The summed E-state index contributed by atoms with van der Waals surface area (Å²) in [6.07, 6.45) is -2.69. The van der Waals surface area contributed by atoms with Crippen molar-refractivity contribution in [2.24, 2.45) is 0 Å². The van der Waals surface area contributed by atoms with Crippen LogP contribution in [0.15, 0.2) is 23.1 Å². The molecule has 114 valence electrons. The fourth-order valence-electron chi connectivity index (χ4n) is 1.73. The normalized spacial score (nSPS) is 12.3. The molecular weight excluding hydrogens is 286 g/mol. The van der Waals surface area contributed by atoms with Crippen LogP contribution in [0, 0.1) is 6.92 Å². The summed E-state index contributed by atoms with van der Waals surface area (Å²) < 4.78 is 49.7. The molecule has 0 atom stereocenters. The smallest absolute Gasteiger partial charge is 0.252 e. The van der Waals surface area contributed by atoms with Crippen LogP contribution in [-0.4, -0.2) is 39.3 Å². The van der Waals surface area contributed by atoms with Crippen molar-refractivity contribution < 1.29 is 17.2 Å². The fraction of sp³-hybridized carbons (Fsp3) is 0.538. The molecule has 0 bridgehead atoms. The number of hydrogen-bond acceptors (Lipinski definition) is 3. The third-order valence-corrected chi connectivity index (χ3v) is 4.81. The molecule has 0 saturated carbocycles. The second kappa shape index (κ2) is 7.10. The summed E-state index contributed by atoms with van der Waals surface area (Å²) in [7, 11) is -2.71. The van der Waals surface area contributed by atoms with Crippen molar-refractivity contribution in [1.82, 2.24) is 9.62 Å². The third-order valence-electron chi connectivity index (χ3n) is 2.99. The molecule has 4 nitrogen and oxygen atoms in total. The second-order valence-electron chi connectivity index (χ2n) is 4.55. The number of nitrogens with zero attached hydrogens (tertiary/aromatic N) is 1.